The number of anilines is 1. The SMILES string of the molecule is Cc1ccc(NCCC(C)(C)C)c2cccnc12. The normalized spacial score (nSPS) is 11.8. The summed E-state index contributed by atoms with van der Waals surface area (Å²) in [5.74, 6) is 0. The fourth-order valence-electron chi connectivity index (χ4n) is 2.04. The highest BCUT2D eigenvalue weighted by Crippen LogP contribution is 2.25. The van der Waals surface area contributed by atoms with Gasteiger partial charge in [0.25, 0.3) is 0 Å². The van der Waals surface area contributed by atoms with Crippen LogP contribution in [0.5, 0.6) is 0 Å². The van der Waals surface area contributed by atoms with Gasteiger partial charge in [0.15, 0.2) is 0 Å². The number of benzene rings is 1. The highest BCUT2D eigenvalue weighted by molar-refractivity contribution is 5.93. The maximum absolute atomic E-state index is 4.46. The van der Waals surface area contributed by atoms with Crippen molar-refractivity contribution < 1.29 is 0 Å². The maximum Gasteiger partial charge on any atom is 0.0751 e. The van der Waals surface area contributed by atoms with E-state index < -0.39 is 0 Å². The molecule has 1 aromatic carbocycles. The van der Waals surface area contributed by atoms with Crippen molar-refractivity contribution in [1.82, 2.24) is 4.98 Å². The van der Waals surface area contributed by atoms with Crippen molar-refractivity contribution in [1.29, 1.82) is 0 Å². The summed E-state index contributed by atoms with van der Waals surface area (Å²) in [5.41, 5.74) is 3.88. The third-order valence-electron chi connectivity index (χ3n) is 3.16. The van der Waals surface area contributed by atoms with E-state index in [4.69, 9.17) is 0 Å². The molecule has 0 amide bonds. The predicted octanol–water partition coefficient (Wildman–Crippen LogP) is 4.39. The van der Waals surface area contributed by atoms with Gasteiger partial charge in [0.1, 0.15) is 0 Å². The summed E-state index contributed by atoms with van der Waals surface area (Å²) in [6, 6.07) is 8.42. The smallest absolute Gasteiger partial charge is 0.0751 e. The van der Waals surface area contributed by atoms with Crippen LogP contribution in [0, 0.1) is 12.3 Å². The Morgan fingerprint density at radius 1 is 1.17 bits per heavy atom. The molecule has 96 valence electrons. The lowest BCUT2D eigenvalue weighted by atomic mass is 9.92. The number of nitrogens with zero attached hydrogens (tertiary/aromatic N) is 1. The van der Waals surface area contributed by atoms with Crippen LogP contribution in [0.2, 0.25) is 0 Å². The standard InChI is InChI=1S/C16H22N2/c1-12-7-8-14(17-11-9-16(2,3)4)13-6-5-10-18-15(12)13/h5-8,10,17H,9,11H2,1-4H3. The molecule has 0 fully saturated rings. The van der Waals surface area contributed by atoms with Crippen LogP contribution < -0.4 is 5.32 Å². The van der Waals surface area contributed by atoms with E-state index in [1.54, 1.807) is 0 Å². The second-order valence-corrected chi connectivity index (χ2v) is 6.07. The van der Waals surface area contributed by atoms with Crippen LogP contribution >= 0.6 is 0 Å². The minimum atomic E-state index is 0.367. The Hall–Kier alpha value is -1.57. The third-order valence-corrected chi connectivity index (χ3v) is 3.16. The van der Waals surface area contributed by atoms with E-state index in [1.165, 1.54) is 16.6 Å². The minimum absolute atomic E-state index is 0.367. The van der Waals surface area contributed by atoms with Gasteiger partial charge in [0, 0.05) is 23.8 Å². The zero-order chi connectivity index (χ0) is 13.2. The fraction of sp³-hybridized carbons (Fsp3) is 0.438. The third kappa shape index (κ3) is 3.00. The Bertz CT molecular complexity index is 538. The van der Waals surface area contributed by atoms with Crippen LogP contribution in [-0.4, -0.2) is 11.5 Å². The number of aromatic nitrogens is 1. The summed E-state index contributed by atoms with van der Waals surface area (Å²) in [4.78, 5) is 4.46. The highest BCUT2D eigenvalue weighted by atomic mass is 14.9. The molecule has 0 aliphatic heterocycles. The molecule has 0 saturated carbocycles. The van der Waals surface area contributed by atoms with E-state index in [9.17, 15) is 0 Å². The lowest BCUT2D eigenvalue weighted by molar-refractivity contribution is 0.390. The predicted molar refractivity (Wildman–Crippen MR) is 79.0 cm³/mol. The summed E-state index contributed by atoms with van der Waals surface area (Å²) in [7, 11) is 0. The van der Waals surface area contributed by atoms with Gasteiger partial charge in [-0.3, -0.25) is 4.98 Å². The van der Waals surface area contributed by atoms with Crippen LogP contribution in [0.15, 0.2) is 30.5 Å². The molecule has 0 aliphatic rings. The lowest BCUT2D eigenvalue weighted by Gasteiger charge is -2.19. The number of hydrogen-bond acceptors (Lipinski definition) is 2. The average molecular weight is 242 g/mol. The van der Waals surface area contributed by atoms with Gasteiger partial charge in [-0.2, -0.15) is 0 Å². The average Bonchev–Trinajstić information content (AvgIpc) is 2.31. The summed E-state index contributed by atoms with van der Waals surface area (Å²) in [6.45, 7) is 9.90. The molecule has 2 aromatic rings. The van der Waals surface area contributed by atoms with E-state index in [-0.39, 0.29) is 0 Å². The molecular weight excluding hydrogens is 220 g/mol. The lowest BCUT2D eigenvalue weighted by Crippen LogP contribution is -2.13. The summed E-state index contributed by atoms with van der Waals surface area (Å²) >= 11 is 0. The van der Waals surface area contributed by atoms with Crippen molar-refractivity contribution >= 4 is 16.6 Å². The molecule has 1 aromatic heterocycles. The zero-order valence-electron chi connectivity index (χ0n) is 11.7. The molecule has 1 N–H and O–H groups in total. The maximum atomic E-state index is 4.46. The molecule has 0 atom stereocenters. The molecule has 1 heterocycles. The summed E-state index contributed by atoms with van der Waals surface area (Å²) < 4.78 is 0. The van der Waals surface area contributed by atoms with E-state index in [1.807, 2.05) is 12.3 Å². The Labute approximate surface area is 109 Å². The van der Waals surface area contributed by atoms with Gasteiger partial charge in [-0.05, 0) is 42.5 Å². The molecule has 2 rings (SSSR count). The molecule has 0 aliphatic carbocycles. The van der Waals surface area contributed by atoms with Gasteiger partial charge in [0.05, 0.1) is 5.52 Å². The van der Waals surface area contributed by atoms with Gasteiger partial charge in [-0.25, -0.2) is 0 Å². The number of pyridine rings is 1. The van der Waals surface area contributed by atoms with E-state index in [2.05, 4.69) is 56.2 Å². The summed E-state index contributed by atoms with van der Waals surface area (Å²) in [6.07, 6.45) is 3.01. The quantitative estimate of drug-likeness (QED) is 0.863. The van der Waals surface area contributed by atoms with Crippen LogP contribution in [0.3, 0.4) is 0 Å². The van der Waals surface area contributed by atoms with Crippen molar-refractivity contribution in [3.63, 3.8) is 0 Å². The number of rotatable bonds is 3. The minimum Gasteiger partial charge on any atom is -0.384 e. The summed E-state index contributed by atoms with van der Waals surface area (Å²) in [5, 5.41) is 4.75. The molecule has 18 heavy (non-hydrogen) atoms. The van der Waals surface area contributed by atoms with Crippen molar-refractivity contribution in [3.8, 4) is 0 Å². The van der Waals surface area contributed by atoms with Crippen molar-refractivity contribution in [2.75, 3.05) is 11.9 Å². The second-order valence-electron chi connectivity index (χ2n) is 6.07. The van der Waals surface area contributed by atoms with Crippen LogP contribution in [0.25, 0.3) is 10.9 Å². The molecule has 0 spiro atoms. The van der Waals surface area contributed by atoms with Gasteiger partial charge in [0.2, 0.25) is 0 Å². The highest BCUT2D eigenvalue weighted by Gasteiger charge is 2.10. The Morgan fingerprint density at radius 3 is 2.67 bits per heavy atom. The monoisotopic (exact) mass is 242 g/mol. The first kappa shape index (κ1) is 12.9. The molecule has 0 saturated heterocycles. The molecule has 2 nitrogen and oxygen atoms in total. The van der Waals surface area contributed by atoms with Gasteiger partial charge < -0.3 is 5.32 Å². The number of fused-ring (bicyclic) bond motifs is 1. The Balaban J connectivity index is 2.21. The van der Waals surface area contributed by atoms with E-state index in [0.717, 1.165) is 18.5 Å². The van der Waals surface area contributed by atoms with Crippen molar-refractivity contribution in [2.24, 2.45) is 5.41 Å². The molecule has 2 heteroatoms. The van der Waals surface area contributed by atoms with E-state index >= 15 is 0 Å². The Morgan fingerprint density at radius 2 is 1.94 bits per heavy atom. The Kier molecular flexibility index (Phi) is 3.55. The van der Waals surface area contributed by atoms with E-state index in [0.29, 0.717) is 5.41 Å². The topological polar surface area (TPSA) is 24.9 Å². The van der Waals surface area contributed by atoms with Crippen LogP contribution in [-0.2, 0) is 0 Å². The zero-order valence-corrected chi connectivity index (χ0v) is 11.7. The first-order valence-electron chi connectivity index (χ1n) is 6.55. The first-order chi connectivity index (χ1) is 8.47. The largest absolute Gasteiger partial charge is 0.384 e. The van der Waals surface area contributed by atoms with Crippen LogP contribution in [0.4, 0.5) is 5.69 Å². The molecule has 0 unspecified atom stereocenters. The fourth-order valence-corrected chi connectivity index (χ4v) is 2.04. The van der Waals surface area contributed by atoms with Gasteiger partial charge in [-0.1, -0.05) is 26.8 Å². The first-order valence-corrected chi connectivity index (χ1v) is 6.55. The van der Waals surface area contributed by atoms with Gasteiger partial charge >= 0.3 is 0 Å². The van der Waals surface area contributed by atoms with Crippen LogP contribution in [0.1, 0.15) is 32.8 Å². The number of aryl methyl sites for hydroxylation is 1. The number of nitrogens with one attached hydrogen (secondary N) is 1. The molecule has 0 radical (unpaired) electrons. The van der Waals surface area contributed by atoms with Crippen molar-refractivity contribution in [3.05, 3.63) is 36.0 Å². The molecule has 0 bridgehead atoms. The number of hydrogen-bond donors (Lipinski definition) is 1. The van der Waals surface area contributed by atoms with Crippen molar-refractivity contribution in [2.45, 2.75) is 34.1 Å². The molecular formula is C16H22N2. The second kappa shape index (κ2) is 4.97. The van der Waals surface area contributed by atoms with Gasteiger partial charge in [-0.15, -0.1) is 0 Å².